The monoisotopic (exact) mass is 932 g/mol. The molecule has 0 aliphatic heterocycles. The van der Waals surface area contributed by atoms with Crippen LogP contribution in [0, 0.1) is 11.8 Å². The third-order valence-corrected chi connectivity index (χ3v) is 16.1. The molecule has 0 nitrogen and oxygen atoms in total. The minimum Gasteiger partial charge on any atom is -1.00 e. The van der Waals surface area contributed by atoms with Gasteiger partial charge in [0.2, 0.25) is 0 Å². The first-order valence-electron chi connectivity index (χ1n) is 23.3. The van der Waals surface area contributed by atoms with E-state index in [1.807, 2.05) is 0 Å². The van der Waals surface area contributed by atoms with Crippen molar-refractivity contribution in [2.24, 2.45) is 11.8 Å². The minimum absolute atomic E-state index is 0. The Bertz CT molecular complexity index is 1990. The van der Waals surface area contributed by atoms with Crippen molar-refractivity contribution in [2.75, 3.05) is 0 Å². The molecule has 0 spiro atoms. The van der Waals surface area contributed by atoms with E-state index in [1.54, 1.807) is 23.3 Å². The van der Waals surface area contributed by atoms with Gasteiger partial charge in [0.15, 0.2) is 0 Å². The first kappa shape index (κ1) is 50.4. The topological polar surface area (TPSA) is 0 Å². The molecule has 60 heavy (non-hydrogen) atoms. The molecule has 0 unspecified atom stereocenters. The first-order chi connectivity index (χ1) is 28.2. The summed E-state index contributed by atoms with van der Waals surface area (Å²) in [5.41, 5.74) is 11.6. The van der Waals surface area contributed by atoms with Crippen molar-refractivity contribution in [3.05, 3.63) is 131 Å². The Morgan fingerprint density at radius 3 is 1.22 bits per heavy atom. The van der Waals surface area contributed by atoms with E-state index in [0.717, 1.165) is 11.8 Å². The second-order valence-electron chi connectivity index (χ2n) is 18.6. The Balaban J connectivity index is 0.000000227. The number of benzene rings is 4. The summed E-state index contributed by atoms with van der Waals surface area (Å²) in [6.45, 7) is 13.7. The number of rotatable bonds is 10. The second-order valence-corrected chi connectivity index (χ2v) is 26.9. The molecular formula is C56H72Cl2SiZr-2. The van der Waals surface area contributed by atoms with Gasteiger partial charge in [0.25, 0.3) is 0 Å². The standard InChI is InChI=1S/2C26H31.C4H10Si.2ClH.Zr/c2*1-19(2)22-12-14-23(15-13-22)25-11-7-10-24-17-21(18-26(24)25)16-20-8-5-3-4-6-9-20;1-3-4-5-2;;;/h2*7,10-15,17-20H,3-6,8-9,16H2,1-2H3;3-4H2,1-2H3;2*1H;/q2*-1;;;;+2/p-2. The Hall–Kier alpha value is -2.22. The average Bonchev–Trinajstić information content (AvgIpc) is 3.61. The molecule has 0 saturated heterocycles. The van der Waals surface area contributed by atoms with Crippen molar-refractivity contribution < 1.29 is 48.1 Å². The summed E-state index contributed by atoms with van der Waals surface area (Å²) in [5, 5.41) is 5.65. The van der Waals surface area contributed by atoms with Crippen molar-refractivity contribution in [3.63, 3.8) is 0 Å². The van der Waals surface area contributed by atoms with Gasteiger partial charge < -0.3 is 24.8 Å². The van der Waals surface area contributed by atoms with Gasteiger partial charge in [-0.3, -0.25) is 0 Å². The summed E-state index contributed by atoms with van der Waals surface area (Å²) in [4.78, 5) is 0. The molecule has 4 heteroatoms. The average molecular weight is 935 g/mol. The summed E-state index contributed by atoms with van der Waals surface area (Å²) in [6.07, 6.45) is 21.1. The molecule has 0 atom stereocenters. The Morgan fingerprint density at radius 2 is 0.917 bits per heavy atom. The molecule has 0 heterocycles. The van der Waals surface area contributed by atoms with Gasteiger partial charge in [0.05, 0.1) is 0 Å². The molecule has 320 valence electrons. The summed E-state index contributed by atoms with van der Waals surface area (Å²) in [5.74, 6) is 2.96. The van der Waals surface area contributed by atoms with Gasteiger partial charge in [-0.05, 0) is 58.8 Å². The van der Waals surface area contributed by atoms with Gasteiger partial charge in [-0.1, -0.05) is 177 Å². The van der Waals surface area contributed by atoms with Crippen molar-refractivity contribution in [2.45, 2.75) is 155 Å². The van der Waals surface area contributed by atoms with E-state index in [0.29, 0.717) is 11.8 Å². The largest absolute Gasteiger partial charge is 1.00 e. The molecule has 6 aromatic rings. The van der Waals surface area contributed by atoms with Crippen LogP contribution in [0.25, 0.3) is 43.8 Å². The maximum atomic E-state index is 2.46. The fraction of sp³-hybridized carbons (Fsp3) is 0.464. The Labute approximate surface area is 393 Å². The maximum Gasteiger partial charge on any atom is -1.00 e. The molecule has 2 fully saturated rings. The van der Waals surface area contributed by atoms with Crippen LogP contribution in [0.1, 0.15) is 152 Å². The smallest absolute Gasteiger partial charge is 1.00 e. The molecular weight excluding hydrogens is 863 g/mol. The number of fused-ring (bicyclic) bond motifs is 2. The van der Waals surface area contributed by atoms with Crippen molar-refractivity contribution in [1.82, 2.24) is 0 Å². The van der Waals surface area contributed by atoms with Crippen molar-refractivity contribution in [1.29, 1.82) is 0 Å². The predicted molar refractivity (Wildman–Crippen MR) is 255 cm³/mol. The van der Waals surface area contributed by atoms with E-state index in [4.69, 9.17) is 0 Å². The summed E-state index contributed by atoms with van der Waals surface area (Å²) in [7, 11) is 0. The van der Waals surface area contributed by atoms with Crippen LogP contribution in [0.2, 0.25) is 12.6 Å². The van der Waals surface area contributed by atoms with Crippen LogP contribution in [0.4, 0.5) is 0 Å². The molecule has 8 rings (SSSR count). The van der Waals surface area contributed by atoms with Gasteiger partial charge in [-0.2, -0.15) is 12.1 Å². The predicted octanol–water partition coefficient (Wildman–Crippen LogP) is 11.3. The number of hydrogen-bond donors (Lipinski definition) is 0. The zero-order valence-corrected chi connectivity index (χ0v) is 42.7. The van der Waals surface area contributed by atoms with E-state index in [9.17, 15) is 0 Å². The zero-order valence-electron chi connectivity index (χ0n) is 37.8. The summed E-state index contributed by atoms with van der Waals surface area (Å²) in [6, 6.07) is 43.2. The quantitative estimate of drug-likeness (QED) is 0.0729. The van der Waals surface area contributed by atoms with Crippen LogP contribution < -0.4 is 24.8 Å². The fourth-order valence-corrected chi connectivity index (χ4v) is 12.2. The van der Waals surface area contributed by atoms with E-state index in [1.165, 1.54) is 168 Å². The van der Waals surface area contributed by atoms with E-state index >= 15 is 0 Å². The van der Waals surface area contributed by atoms with E-state index in [-0.39, 0.29) is 30.2 Å². The van der Waals surface area contributed by atoms with Crippen LogP contribution in [0.5, 0.6) is 0 Å². The minimum atomic E-state index is 0. The van der Waals surface area contributed by atoms with Crippen LogP contribution in [-0.4, -0.2) is 5.43 Å². The molecule has 0 amide bonds. The Kier molecular flexibility index (Phi) is 21.7. The zero-order chi connectivity index (χ0) is 40.9. The molecule has 0 aromatic heterocycles. The molecule has 0 N–H and O–H groups in total. The van der Waals surface area contributed by atoms with Crippen molar-refractivity contribution in [3.8, 4) is 22.3 Å². The maximum absolute atomic E-state index is 2.46. The summed E-state index contributed by atoms with van der Waals surface area (Å²) >= 11 is 1.79. The molecule has 0 radical (unpaired) electrons. The summed E-state index contributed by atoms with van der Waals surface area (Å²) < 4.78 is 0. The molecule has 6 aromatic carbocycles. The SMILES string of the molecule is CC(C)c1ccc(-c2cccc3[cH-]c(CC4CCCCCC4)cc23)cc1.CC(C)c1ccc(-c2cccc3[cH-]c(CC4CCCCCC4)cc23)cc1.CCC[Si](C)=[Zr+2].[Cl-].[Cl-]. The van der Waals surface area contributed by atoms with Gasteiger partial charge in [-0.15, -0.1) is 69.1 Å². The van der Waals surface area contributed by atoms with Gasteiger partial charge in [0, 0.05) is 0 Å². The molecule has 2 aliphatic rings. The molecule has 0 bridgehead atoms. The second kappa shape index (κ2) is 25.8. The van der Waals surface area contributed by atoms with Crippen molar-refractivity contribution >= 4 is 27.0 Å². The molecule has 2 aliphatic carbocycles. The normalized spacial score (nSPS) is 15.0. The molecule has 2 saturated carbocycles. The first-order valence-corrected chi connectivity index (χ1v) is 29.2. The van der Waals surface area contributed by atoms with E-state index < -0.39 is 0 Å². The van der Waals surface area contributed by atoms with Gasteiger partial charge in [-0.25, -0.2) is 0 Å². The third-order valence-electron chi connectivity index (χ3n) is 13.0. The van der Waals surface area contributed by atoms with E-state index in [2.05, 4.69) is 150 Å². The van der Waals surface area contributed by atoms with Gasteiger partial charge >= 0.3 is 54.7 Å². The van der Waals surface area contributed by atoms with Crippen LogP contribution in [0.15, 0.2) is 109 Å². The number of halogens is 2. The number of hydrogen-bond acceptors (Lipinski definition) is 0. The Morgan fingerprint density at radius 1 is 0.550 bits per heavy atom. The van der Waals surface area contributed by atoms with Crippen LogP contribution in [0.3, 0.4) is 0 Å². The van der Waals surface area contributed by atoms with Crippen LogP contribution >= 0.6 is 0 Å². The fourth-order valence-electron chi connectivity index (χ4n) is 9.61. The third kappa shape index (κ3) is 14.7. The van der Waals surface area contributed by atoms with Gasteiger partial charge in [0.1, 0.15) is 0 Å². The van der Waals surface area contributed by atoms with Crippen LogP contribution in [-0.2, 0) is 36.2 Å².